The van der Waals surface area contributed by atoms with Crippen LogP contribution < -0.4 is 0 Å². The number of benzene rings is 1. The minimum absolute atomic E-state index is 0.0163. The lowest BCUT2D eigenvalue weighted by atomic mass is 9.98. The first-order valence-corrected chi connectivity index (χ1v) is 9.79. The number of piperidine rings is 1. The molecule has 0 aliphatic carbocycles. The van der Waals surface area contributed by atoms with E-state index < -0.39 is 0 Å². The van der Waals surface area contributed by atoms with Crippen molar-refractivity contribution >= 4 is 23.5 Å². The molecule has 7 nitrogen and oxygen atoms in total. The van der Waals surface area contributed by atoms with Gasteiger partial charge in [-0.2, -0.15) is 4.68 Å². The number of hydrogen-bond donors (Lipinski definition) is 0. The van der Waals surface area contributed by atoms with Gasteiger partial charge in [-0.05, 0) is 62.6 Å². The van der Waals surface area contributed by atoms with Gasteiger partial charge < -0.3 is 4.90 Å². The number of amides is 1. The molecule has 1 aromatic heterocycles. The number of hydrogen-bond acceptors (Lipinski definition) is 6. The second kappa shape index (κ2) is 7.99. The monoisotopic (exact) mass is 373 g/mol. The Labute approximate surface area is 157 Å². The third-order valence-corrected chi connectivity index (χ3v) is 5.65. The highest BCUT2D eigenvalue weighted by molar-refractivity contribution is 7.99. The van der Waals surface area contributed by atoms with E-state index in [-0.39, 0.29) is 23.8 Å². The molecule has 26 heavy (non-hydrogen) atoms. The van der Waals surface area contributed by atoms with Crippen molar-refractivity contribution in [1.82, 2.24) is 25.1 Å². The molecular weight excluding hydrogens is 350 g/mol. The first-order valence-electron chi connectivity index (χ1n) is 8.81. The van der Waals surface area contributed by atoms with Crippen LogP contribution in [0.15, 0.2) is 29.4 Å². The second-order valence-corrected chi connectivity index (χ2v) is 7.64. The zero-order chi connectivity index (χ0) is 18.7. The summed E-state index contributed by atoms with van der Waals surface area (Å²) in [7, 11) is 0. The molecule has 3 rings (SSSR count). The molecule has 1 aliphatic rings. The van der Waals surface area contributed by atoms with Gasteiger partial charge in [-0.3, -0.25) is 9.59 Å². The Morgan fingerprint density at radius 3 is 2.65 bits per heavy atom. The highest BCUT2D eigenvalue weighted by Crippen LogP contribution is 2.25. The summed E-state index contributed by atoms with van der Waals surface area (Å²) in [6, 6.07) is 7.68. The van der Waals surface area contributed by atoms with Crippen LogP contribution in [-0.4, -0.2) is 54.6 Å². The summed E-state index contributed by atoms with van der Waals surface area (Å²) in [6.07, 6.45) is 3.27. The number of tetrazole rings is 1. The number of carbonyl (C=O) groups excluding carboxylic acids is 2. The molecule has 8 heteroatoms. The van der Waals surface area contributed by atoms with Crippen LogP contribution in [0.25, 0.3) is 5.69 Å². The molecule has 1 amide bonds. The lowest BCUT2D eigenvalue weighted by Gasteiger charge is -2.39. The fraction of sp³-hybridized carbons (Fsp3) is 0.500. The van der Waals surface area contributed by atoms with Crippen molar-refractivity contribution in [2.24, 2.45) is 0 Å². The molecule has 0 unspecified atom stereocenters. The SMILES string of the molecule is CC(=O)c1cccc(-n2nnnc2SCC(=O)N2[C@H](C)CCC[C@@H]2C)c1. The van der Waals surface area contributed by atoms with Crippen molar-refractivity contribution in [3.05, 3.63) is 29.8 Å². The Bertz CT molecular complexity index is 796. The Kier molecular flexibility index (Phi) is 5.70. The van der Waals surface area contributed by atoms with Crippen LogP contribution in [0.5, 0.6) is 0 Å². The number of aromatic nitrogens is 4. The summed E-state index contributed by atoms with van der Waals surface area (Å²) in [4.78, 5) is 26.3. The molecule has 1 fully saturated rings. The third kappa shape index (κ3) is 3.95. The number of likely N-dealkylation sites (tertiary alicyclic amines) is 1. The highest BCUT2D eigenvalue weighted by Gasteiger charge is 2.29. The maximum atomic E-state index is 12.7. The summed E-state index contributed by atoms with van der Waals surface area (Å²) >= 11 is 1.32. The molecule has 0 spiro atoms. The minimum Gasteiger partial charge on any atom is -0.337 e. The average molecular weight is 373 g/mol. The molecule has 1 aromatic carbocycles. The van der Waals surface area contributed by atoms with Gasteiger partial charge in [0.25, 0.3) is 0 Å². The van der Waals surface area contributed by atoms with Crippen molar-refractivity contribution in [3.63, 3.8) is 0 Å². The van der Waals surface area contributed by atoms with Gasteiger partial charge in [0.15, 0.2) is 5.78 Å². The van der Waals surface area contributed by atoms with Crippen molar-refractivity contribution < 1.29 is 9.59 Å². The van der Waals surface area contributed by atoms with E-state index in [1.165, 1.54) is 25.1 Å². The Morgan fingerprint density at radius 1 is 1.23 bits per heavy atom. The minimum atomic E-state index is -0.0163. The molecule has 0 bridgehead atoms. The first kappa shape index (κ1) is 18.6. The van der Waals surface area contributed by atoms with Crippen molar-refractivity contribution in [2.45, 2.75) is 57.3 Å². The zero-order valence-corrected chi connectivity index (χ0v) is 16.1. The quantitative estimate of drug-likeness (QED) is 0.592. The third-order valence-electron chi connectivity index (χ3n) is 4.74. The van der Waals surface area contributed by atoms with E-state index >= 15 is 0 Å². The van der Waals surface area contributed by atoms with Crippen LogP contribution in [0.2, 0.25) is 0 Å². The molecule has 0 N–H and O–H groups in total. The van der Waals surface area contributed by atoms with Crippen LogP contribution in [0.1, 0.15) is 50.4 Å². The molecule has 1 saturated heterocycles. The van der Waals surface area contributed by atoms with Crippen molar-refractivity contribution in [1.29, 1.82) is 0 Å². The molecule has 138 valence electrons. The molecule has 0 radical (unpaired) electrons. The number of carbonyl (C=O) groups is 2. The van der Waals surface area contributed by atoms with Crippen LogP contribution in [0, 0.1) is 0 Å². The van der Waals surface area contributed by atoms with E-state index in [1.807, 2.05) is 11.0 Å². The molecule has 1 aliphatic heterocycles. The van der Waals surface area contributed by atoms with Gasteiger partial charge >= 0.3 is 0 Å². The van der Waals surface area contributed by atoms with E-state index in [0.29, 0.717) is 22.2 Å². The van der Waals surface area contributed by atoms with Crippen molar-refractivity contribution in [2.75, 3.05) is 5.75 Å². The fourth-order valence-corrected chi connectivity index (χ4v) is 4.16. The molecule has 2 aromatic rings. The van der Waals surface area contributed by atoms with Gasteiger partial charge in [-0.25, -0.2) is 0 Å². The summed E-state index contributed by atoms with van der Waals surface area (Å²) in [5.41, 5.74) is 1.30. The van der Waals surface area contributed by atoms with Crippen LogP contribution >= 0.6 is 11.8 Å². The molecule has 0 saturated carbocycles. The summed E-state index contributed by atoms with van der Waals surface area (Å²) in [5.74, 6) is 0.390. The summed E-state index contributed by atoms with van der Waals surface area (Å²) in [5, 5.41) is 12.3. The predicted octanol–water partition coefficient (Wildman–Crippen LogP) is 2.75. The first-order chi connectivity index (χ1) is 12.5. The van der Waals surface area contributed by atoms with E-state index in [4.69, 9.17) is 0 Å². The largest absolute Gasteiger partial charge is 0.337 e. The van der Waals surface area contributed by atoms with E-state index in [9.17, 15) is 9.59 Å². The smallest absolute Gasteiger partial charge is 0.233 e. The normalized spacial score (nSPS) is 20.2. The molecular formula is C18H23N5O2S. The predicted molar refractivity (Wildman–Crippen MR) is 99.5 cm³/mol. The number of rotatable bonds is 5. The summed E-state index contributed by atoms with van der Waals surface area (Å²) < 4.78 is 1.56. The van der Waals surface area contributed by atoms with Crippen LogP contribution in [-0.2, 0) is 4.79 Å². The van der Waals surface area contributed by atoms with E-state index in [0.717, 1.165) is 12.8 Å². The van der Waals surface area contributed by atoms with E-state index in [1.54, 1.807) is 22.9 Å². The maximum absolute atomic E-state index is 12.7. The van der Waals surface area contributed by atoms with Gasteiger partial charge in [0.2, 0.25) is 11.1 Å². The van der Waals surface area contributed by atoms with Crippen LogP contribution in [0.4, 0.5) is 0 Å². The maximum Gasteiger partial charge on any atom is 0.233 e. The Morgan fingerprint density at radius 2 is 1.96 bits per heavy atom. The standard InChI is InChI=1S/C18H23N5O2S/c1-12-6-4-7-13(2)22(12)17(25)11-26-18-19-20-21-23(18)16-9-5-8-15(10-16)14(3)24/h5,8-10,12-13H,4,6-7,11H2,1-3H3/t12-,13+. The van der Waals surface area contributed by atoms with Gasteiger partial charge in [-0.1, -0.05) is 23.9 Å². The highest BCUT2D eigenvalue weighted by atomic mass is 32.2. The van der Waals surface area contributed by atoms with E-state index in [2.05, 4.69) is 29.4 Å². The van der Waals surface area contributed by atoms with Gasteiger partial charge in [0.1, 0.15) is 0 Å². The fourth-order valence-electron chi connectivity index (χ4n) is 3.40. The number of Topliss-reactive ketones (excluding diaryl/α,β-unsaturated/α-hetero) is 1. The number of thioether (sulfide) groups is 1. The topological polar surface area (TPSA) is 81.0 Å². The Balaban J connectivity index is 1.72. The van der Waals surface area contributed by atoms with Gasteiger partial charge in [0, 0.05) is 17.6 Å². The van der Waals surface area contributed by atoms with Gasteiger partial charge in [0.05, 0.1) is 11.4 Å². The zero-order valence-electron chi connectivity index (χ0n) is 15.3. The van der Waals surface area contributed by atoms with Crippen LogP contribution in [0.3, 0.4) is 0 Å². The van der Waals surface area contributed by atoms with Crippen molar-refractivity contribution in [3.8, 4) is 5.69 Å². The number of nitrogens with zero attached hydrogens (tertiary/aromatic N) is 5. The lowest BCUT2D eigenvalue weighted by Crippen LogP contribution is -2.48. The van der Waals surface area contributed by atoms with Gasteiger partial charge in [-0.15, -0.1) is 5.10 Å². The summed E-state index contributed by atoms with van der Waals surface area (Å²) in [6.45, 7) is 5.74. The number of ketones is 1. The second-order valence-electron chi connectivity index (χ2n) is 6.70. The molecule has 2 heterocycles. The molecule has 2 atom stereocenters. The lowest BCUT2D eigenvalue weighted by molar-refractivity contribution is -0.134. The Hall–Kier alpha value is -2.22. The average Bonchev–Trinajstić information content (AvgIpc) is 3.08.